The van der Waals surface area contributed by atoms with Gasteiger partial charge in [0.05, 0.1) is 18.7 Å². The number of hydrogen-bond donors (Lipinski definition) is 2. The molecule has 1 aromatic carbocycles. The fraction of sp³-hybridized carbons (Fsp3) is 0.500. The monoisotopic (exact) mass is 342 g/mol. The van der Waals surface area contributed by atoms with E-state index in [4.69, 9.17) is 5.11 Å². The summed E-state index contributed by atoms with van der Waals surface area (Å²) < 4.78 is 26.7. The Morgan fingerprint density at radius 1 is 1.33 bits per heavy atom. The second kappa shape index (κ2) is 7.67. The highest BCUT2D eigenvalue weighted by molar-refractivity contribution is 5.77. The molecule has 0 radical (unpaired) electrons. The lowest BCUT2D eigenvalue weighted by Gasteiger charge is -2.24. The smallest absolute Gasteiger partial charge is 0.317 e. The van der Waals surface area contributed by atoms with E-state index in [0.717, 1.165) is 18.2 Å². The molecule has 132 valence electrons. The van der Waals surface area contributed by atoms with Crippen LogP contribution in [-0.4, -0.2) is 70.7 Å². The van der Waals surface area contributed by atoms with Crippen molar-refractivity contribution < 1.29 is 28.6 Å². The van der Waals surface area contributed by atoms with Crippen LogP contribution in [0, 0.1) is 11.6 Å². The molecule has 0 aliphatic carbocycles. The molecule has 0 bridgehead atoms. The Bertz CT molecular complexity index is 626. The van der Waals surface area contributed by atoms with E-state index in [-0.39, 0.29) is 43.9 Å². The number of halogens is 2. The van der Waals surface area contributed by atoms with E-state index in [1.165, 1.54) is 9.80 Å². The number of nitrogens with zero attached hydrogens (tertiary/aromatic N) is 2. The predicted molar refractivity (Wildman–Crippen MR) is 81.3 cm³/mol. The van der Waals surface area contributed by atoms with E-state index in [1.807, 2.05) is 0 Å². The van der Waals surface area contributed by atoms with Crippen molar-refractivity contribution in [3.8, 4) is 0 Å². The number of β-amino-alcohol motifs (C(OH)–C–C–N with tert-alkyl or cyclic N) is 1. The van der Waals surface area contributed by atoms with Gasteiger partial charge in [0.15, 0.2) is 0 Å². The fourth-order valence-corrected chi connectivity index (χ4v) is 2.87. The number of carbonyl (C=O) groups excluding carboxylic acids is 1. The summed E-state index contributed by atoms with van der Waals surface area (Å²) in [4.78, 5) is 25.9. The topological polar surface area (TPSA) is 81.1 Å². The number of aliphatic carboxylic acids is 1. The molecule has 2 rings (SSSR count). The van der Waals surface area contributed by atoms with Gasteiger partial charge in [0.2, 0.25) is 5.91 Å². The first-order valence-electron chi connectivity index (χ1n) is 7.59. The summed E-state index contributed by atoms with van der Waals surface area (Å²) in [7, 11) is 1.57. The molecule has 1 aliphatic rings. The molecule has 1 aliphatic heterocycles. The molecule has 24 heavy (non-hydrogen) atoms. The normalized spacial score (nSPS) is 20.6. The number of aryl methyl sites for hydroxylation is 1. The number of carbonyl (C=O) groups is 2. The van der Waals surface area contributed by atoms with Gasteiger partial charge in [-0.15, -0.1) is 0 Å². The van der Waals surface area contributed by atoms with Crippen LogP contribution in [0.5, 0.6) is 0 Å². The van der Waals surface area contributed by atoms with Crippen molar-refractivity contribution >= 4 is 11.9 Å². The first kappa shape index (κ1) is 18.3. The first-order chi connectivity index (χ1) is 11.3. The van der Waals surface area contributed by atoms with E-state index >= 15 is 0 Å². The Morgan fingerprint density at radius 2 is 2.04 bits per heavy atom. The summed E-state index contributed by atoms with van der Waals surface area (Å²) in [5, 5.41) is 18.8. The summed E-state index contributed by atoms with van der Waals surface area (Å²) in [6, 6.07) is 2.63. The third-order valence-corrected chi connectivity index (χ3v) is 4.18. The number of likely N-dealkylation sites (tertiary alicyclic amines) is 1. The highest BCUT2D eigenvalue weighted by Crippen LogP contribution is 2.18. The van der Waals surface area contributed by atoms with Gasteiger partial charge in [-0.1, -0.05) is 0 Å². The minimum Gasteiger partial charge on any atom is -0.480 e. The van der Waals surface area contributed by atoms with Crippen LogP contribution in [0.15, 0.2) is 18.2 Å². The SMILES string of the molecule is CN(CC(=O)O)C1CN(C(=O)CCc2cc(F)ccc2F)C[C@H]1O. The van der Waals surface area contributed by atoms with Crippen LogP contribution >= 0.6 is 0 Å². The summed E-state index contributed by atoms with van der Waals surface area (Å²) in [6.07, 6.45) is -0.795. The minimum absolute atomic E-state index is 0.0115. The van der Waals surface area contributed by atoms with E-state index in [0.29, 0.717) is 0 Å². The Hall–Kier alpha value is -2.06. The number of carboxylic acids is 1. The van der Waals surface area contributed by atoms with E-state index in [2.05, 4.69) is 0 Å². The van der Waals surface area contributed by atoms with Gasteiger partial charge in [0.25, 0.3) is 0 Å². The highest BCUT2D eigenvalue weighted by atomic mass is 19.1. The standard InChI is InChI=1S/C16H20F2N2O4/c1-19(9-16(23)24)13-7-20(8-14(13)21)15(22)5-2-10-6-11(17)3-4-12(10)18/h3-4,6,13-14,21H,2,5,7-9H2,1H3,(H,23,24)/t13?,14-/m1/s1. The van der Waals surface area contributed by atoms with Crippen LogP contribution in [-0.2, 0) is 16.0 Å². The van der Waals surface area contributed by atoms with Crippen LogP contribution in [0.1, 0.15) is 12.0 Å². The van der Waals surface area contributed by atoms with E-state index < -0.39 is 29.7 Å². The van der Waals surface area contributed by atoms with Crippen LogP contribution in [0.3, 0.4) is 0 Å². The van der Waals surface area contributed by atoms with Gasteiger partial charge >= 0.3 is 5.97 Å². The van der Waals surface area contributed by atoms with Gasteiger partial charge in [-0.2, -0.15) is 0 Å². The molecule has 1 aromatic rings. The third kappa shape index (κ3) is 4.48. The van der Waals surface area contributed by atoms with E-state index in [9.17, 15) is 23.5 Å². The van der Waals surface area contributed by atoms with Crippen LogP contribution < -0.4 is 0 Å². The Labute approximate surface area is 138 Å². The molecular formula is C16H20F2N2O4. The third-order valence-electron chi connectivity index (χ3n) is 4.18. The molecule has 2 N–H and O–H groups in total. The van der Waals surface area contributed by atoms with E-state index in [1.54, 1.807) is 7.05 Å². The molecule has 1 saturated heterocycles. The van der Waals surface area contributed by atoms with Gasteiger partial charge in [0.1, 0.15) is 11.6 Å². The van der Waals surface area contributed by atoms with Crippen molar-refractivity contribution in [1.82, 2.24) is 9.80 Å². The number of carboxylic acid groups (broad SMARTS) is 1. The van der Waals surface area contributed by atoms with Crippen LogP contribution in [0.25, 0.3) is 0 Å². The molecule has 2 atom stereocenters. The summed E-state index contributed by atoms with van der Waals surface area (Å²) >= 11 is 0. The van der Waals surface area contributed by atoms with Crippen LogP contribution in [0.2, 0.25) is 0 Å². The Balaban J connectivity index is 1.91. The first-order valence-corrected chi connectivity index (χ1v) is 7.59. The van der Waals surface area contributed by atoms with Crippen molar-refractivity contribution in [2.24, 2.45) is 0 Å². The Morgan fingerprint density at radius 3 is 2.71 bits per heavy atom. The van der Waals surface area contributed by atoms with Gasteiger partial charge in [-0.05, 0) is 37.2 Å². The maximum Gasteiger partial charge on any atom is 0.317 e. The zero-order chi connectivity index (χ0) is 17.9. The van der Waals surface area contributed by atoms with Crippen molar-refractivity contribution in [3.05, 3.63) is 35.4 Å². The lowest BCUT2D eigenvalue weighted by atomic mass is 10.1. The molecular weight excluding hydrogens is 322 g/mol. The number of aliphatic hydroxyl groups is 1. The van der Waals surface area contributed by atoms with Crippen molar-refractivity contribution in [2.45, 2.75) is 25.0 Å². The number of amides is 1. The zero-order valence-electron chi connectivity index (χ0n) is 13.3. The maximum atomic E-state index is 13.6. The lowest BCUT2D eigenvalue weighted by Crippen LogP contribution is -2.43. The molecule has 1 fully saturated rings. The van der Waals surface area contributed by atoms with Crippen molar-refractivity contribution in [3.63, 3.8) is 0 Å². The number of likely N-dealkylation sites (N-methyl/N-ethyl adjacent to an activating group) is 1. The lowest BCUT2D eigenvalue weighted by molar-refractivity contribution is -0.138. The minimum atomic E-state index is -1.02. The fourth-order valence-electron chi connectivity index (χ4n) is 2.87. The van der Waals surface area contributed by atoms with Gasteiger partial charge in [-0.3, -0.25) is 14.5 Å². The number of rotatable bonds is 6. The molecule has 0 spiro atoms. The number of hydrogen-bond acceptors (Lipinski definition) is 4. The predicted octanol–water partition coefficient (Wildman–Crippen LogP) is 0.485. The molecule has 0 saturated carbocycles. The molecule has 1 heterocycles. The average molecular weight is 342 g/mol. The molecule has 0 aromatic heterocycles. The van der Waals surface area contributed by atoms with Gasteiger partial charge in [-0.25, -0.2) is 8.78 Å². The van der Waals surface area contributed by atoms with Crippen LogP contribution in [0.4, 0.5) is 8.78 Å². The Kier molecular flexibility index (Phi) is 5.84. The van der Waals surface area contributed by atoms with Crippen molar-refractivity contribution in [2.75, 3.05) is 26.7 Å². The maximum absolute atomic E-state index is 13.6. The molecule has 1 unspecified atom stereocenters. The number of aliphatic hydroxyl groups excluding tert-OH is 1. The summed E-state index contributed by atoms with van der Waals surface area (Å²) in [6.45, 7) is 0.0623. The zero-order valence-corrected chi connectivity index (χ0v) is 13.3. The second-order valence-corrected chi connectivity index (χ2v) is 5.98. The quantitative estimate of drug-likeness (QED) is 0.786. The highest BCUT2D eigenvalue weighted by Gasteiger charge is 2.36. The average Bonchev–Trinajstić information content (AvgIpc) is 2.89. The summed E-state index contributed by atoms with van der Waals surface area (Å²) in [5.41, 5.74) is 0.127. The molecule has 6 nitrogen and oxygen atoms in total. The molecule has 1 amide bonds. The van der Waals surface area contributed by atoms with Gasteiger partial charge in [0, 0.05) is 19.5 Å². The second-order valence-electron chi connectivity index (χ2n) is 5.98. The molecule has 8 heteroatoms. The summed E-state index contributed by atoms with van der Waals surface area (Å²) in [5.74, 6) is -2.43. The largest absolute Gasteiger partial charge is 0.480 e. The van der Waals surface area contributed by atoms with Crippen molar-refractivity contribution in [1.29, 1.82) is 0 Å². The number of benzene rings is 1. The van der Waals surface area contributed by atoms with Gasteiger partial charge < -0.3 is 15.1 Å².